The Bertz CT molecular complexity index is 774. The average Bonchev–Trinajstić information content (AvgIpc) is 3.18. The van der Waals surface area contributed by atoms with E-state index in [0.717, 1.165) is 30.7 Å². The first kappa shape index (κ1) is 19.0. The van der Waals surface area contributed by atoms with Crippen molar-refractivity contribution in [3.05, 3.63) is 65.7 Å². The van der Waals surface area contributed by atoms with Gasteiger partial charge >= 0.3 is 0 Å². The van der Waals surface area contributed by atoms with Gasteiger partial charge in [0.05, 0.1) is 13.2 Å². The van der Waals surface area contributed by atoms with E-state index in [0.29, 0.717) is 12.0 Å². The van der Waals surface area contributed by atoms with Gasteiger partial charge in [-0.25, -0.2) is 0 Å². The molecule has 0 bridgehead atoms. The first-order valence-electron chi connectivity index (χ1n) is 9.38. The predicted molar refractivity (Wildman–Crippen MR) is 105 cm³/mol. The molecule has 0 saturated carbocycles. The highest BCUT2D eigenvalue weighted by Gasteiger charge is 2.30. The zero-order valence-electron chi connectivity index (χ0n) is 15.9. The van der Waals surface area contributed by atoms with Gasteiger partial charge in [0.1, 0.15) is 5.75 Å². The van der Waals surface area contributed by atoms with Crippen molar-refractivity contribution >= 4 is 11.8 Å². The van der Waals surface area contributed by atoms with E-state index in [2.05, 4.69) is 5.32 Å². The zero-order chi connectivity index (χ0) is 19.2. The van der Waals surface area contributed by atoms with Crippen LogP contribution in [0.3, 0.4) is 0 Å². The van der Waals surface area contributed by atoms with Crippen molar-refractivity contribution in [1.82, 2.24) is 10.2 Å². The maximum absolute atomic E-state index is 12.8. The minimum atomic E-state index is -0.220. The molecule has 0 aliphatic carbocycles. The van der Waals surface area contributed by atoms with Gasteiger partial charge in [0.15, 0.2) is 0 Å². The van der Waals surface area contributed by atoms with Gasteiger partial charge in [-0.2, -0.15) is 0 Å². The Labute approximate surface area is 160 Å². The van der Waals surface area contributed by atoms with E-state index in [9.17, 15) is 9.59 Å². The lowest BCUT2D eigenvalue weighted by molar-refractivity contribution is -0.132. The van der Waals surface area contributed by atoms with Gasteiger partial charge < -0.3 is 15.0 Å². The Morgan fingerprint density at radius 1 is 1.15 bits per heavy atom. The molecule has 3 rings (SSSR count). The Kier molecular flexibility index (Phi) is 6.12. The SMILES string of the molecule is COc1ccc(C2CCCN2C(=O)CC(C)NC(=O)c2ccccc2)cc1. The van der Waals surface area contributed by atoms with Crippen LogP contribution >= 0.6 is 0 Å². The number of likely N-dealkylation sites (tertiary alicyclic amines) is 1. The second kappa shape index (κ2) is 8.71. The summed E-state index contributed by atoms with van der Waals surface area (Å²) in [5.41, 5.74) is 1.73. The van der Waals surface area contributed by atoms with Gasteiger partial charge in [0, 0.05) is 24.6 Å². The molecule has 1 N–H and O–H groups in total. The van der Waals surface area contributed by atoms with E-state index in [1.54, 1.807) is 19.2 Å². The van der Waals surface area contributed by atoms with E-state index in [-0.39, 0.29) is 23.9 Å². The van der Waals surface area contributed by atoms with Crippen LogP contribution in [0.1, 0.15) is 48.1 Å². The Balaban J connectivity index is 1.59. The van der Waals surface area contributed by atoms with Gasteiger partial charge in [0.2, 0.25) is 5.91 Å². The van der Waals surface area contributed by atoms with Crippen molar-refractivity contribution in [2.24, 2.45) is 0 Å². The van der Waals surface area contributed by atoms with Gasteiger partial charge in [-0.15, -0.1) is 0 Å². The number of nitrogens with one attached hydrogen (secondary N) is 1. The Morgan fingerprint density at radius 2 is 1.85 bits per heavy atom. The number of methoxy groups -OCH3 is 1. The molecule has 1 fully saturated rings. The largest absolute Gasteiger partial charge is 0.497 e. The van der Waals surface area contributed by atoms with E-state index in [1.807, 2.05) is 54.3 Å². The first-order valence-corrected chi connectivity index (χ1v) is 9.38. The molecule has 0 radical (unpaired) electrons. The van der Waals surface area contributed by atoms with Crippen LogP contribution in [0.5, 0.6) is 5.75 Å². The minimum Gasteiger partial charge on any atom is -0.497 e. The van der Waals surface area contributed by atoms with Crippen LogP contribution in [0, 0.1) is 0 Å². The second-order valence-corrected chi connectivity index (χ2v) is 6.96. The number of carbonyl (C=O) groups is 2. The summed E-state index contributed by atoms with van der Waals surface area (Å²) in [5.74, 6) is 0.741. The molecule has 0 aromatic heterocycles. The van der Waals surface area contributed by atoms with E-state index < -0.39 is 0 Å². The highest BCUT2D eigenvalue weighted by molar-refractivity contribution is 5.94. The fourth-order valence-corrected chi connectivity index (χ4v) is 3.56. The van der Waals surface area contributed by atoms with Crippen molar-refractivity contribution in [2.45, 2.75) is 38.3 Å². The average molecular weight is 366 g/mol. The summed E-state index contributed by atoms with van der Waals surface area (Å²) in [5, 5.41) is 2.92. The molecule has 142 valence electrons. The molecule has 1 aliphatic rings. The summed E-state index contributed by atoms with van der Waals surface area (Å²) in [4.78, 5) is 27.0. The monoisotopic (exact) mass is 366 g/mol. The fraction of sp³-hybridized carbons (Fsp3) is 0.364. The summed E-state index contributed by atoms with van der Waals surface area (Å²) in [6.07, 6.45) is 2.25. The Hall–Kier alpha value is -2.82. The minimum absolute atomic E-state index is 0.0779. The standard InChI is InChI=1S/C22H26N2O3/c1-16(23-22(26)18-7-4-3-5-8-18)15-21(25)24-14-6-9-20(24)17-10-12-19(27-2)13-11-17/h3-5,7-8,10-13,16,20H,6,9,14-15H2,1-2H3,(H,23,26). The molecular formula is C22H26N2O3. The molecule has 1 heterocycles. The number of hydrogen-bond donors (Lipinski definition) is 1. The smallest absolute Gasteiger partial charge is 0.251 e. The lowest BCUT2D eigenvalue weighted by Gasteiger charge is -2.27. The van der Waals surface area contributed by atoms with Crippen molar-refractivity contribution < 1.29 is 14.3 Å². The quantitative estimate of drug-likeness (QED) is 0.850. The van der Waals surface area contributed by atoms with Crippen molar-refractivity contribution in [3.8, 4) is 5.75 Å². The summed E-state index contributed by atoms with van der Waals surface area (Å²) in [6.45, 7) is 2.63. The van der Waals surface area contributed by atoms with Gasteiger partial charge in [-0.1, -0.05) is 30.3 Å². The van der Waals surface area contributed by atoms with Crippen LogP contribution in [-0.4, -0.2) is 36.4 Å². The van der Waals surface area contributed by atoms with Gasteiger partial charge in [-0.3, -0.25) is 9.59 Å². The third-order valence-corrected chi connectivity index (χ3v) is 4.97. The molecular weight excluding hydrogens is 340 g/mol. The van der Waals surface area contributed by atoms with Crippen LogP contribution in [0.15, 0.2) is 54.6 Å². The van der Waals surface area contributed by atoms with Crippen LogP contribution in [-0.2, 0) is 4.79 Å². The second-order valence-electron chi connectivity index (χ2n) is 6.96. The fourth-order valence-electron chi connectivity index (χ4n) is 3.56. The molecule has 27 heavy (non-hydrogen) atoms. The number of benzene rings is 2. The number of rotatable bonds is 6. The summed E-state index contributed by atoms with van der Waals surface area (Å²) >= 11 is 0. The van der Waals surface area contributed by atoms with Crippen LogP contribution in [0.25, 0.3) is 0 Å². The van der Waals surface area contributed by atoms with Crippen LogP contribution < -0.4 is 10.1 Å². The van der Waals surface area contributed by atoms with Gasteiger partial charge in [-0.05, 0) is 49.6 Å². The third-order valence-electron chi connectivity index (χ3n) is 4.97. The molecule has 2 atom stereocenters. The van der Waals surface area contributed by atoms with Crippen molar-refractivity contribution in [1.29, 1.82) is 0 Å². The number of amides is 2. The Morgan fingerprint density at radius 3 is 2.52 bits per heavy atom. The molecule has 2 aromatic rings. The van der Waals surface area contributed by atoms with E-state index in [1.165, 1.54) is 0 Å². The van der Waals surface area contributed by atoms with Crippen LogP contribution in [0.4, 0.5) is 0 Å². The molecule has 5 nitrogen and oxygen atoms in total. The highest BCUT2D eigenvalue weighted by Crippen LogP contribution is 2.33. The van der Waals surface area contributed by atoms with E-state index in [4.69, 9.17) is 4.74 Å². The van der Waals surface area contributed by atoms with Crippen molar-refractivity contribution in [3.63, 3.8) is 0 Å². The molecule has 2 aromatic carbocycles. The third kappa shape index (κ3) is 4.67. The van der Waals surface area contributed by atoms with Crippen LogP contribution in [0.2, 0.25) is 0 Å². The molecule has 0 spiro atoms. The molecule has 5 heteroatoms. The number of ether oxygens (including phenoxy) is 1. The first-order chi connectivity index (χ1) is 13.1. The topological polar surface area (TPSA) is 58.6 Å². The highest BCUT2D eigenvalue weighted by atomic mass is 16.5. The predicted octanol–water partition coefficient (Wildman–Crippen LogP) is 3.57. The lowest BCUT2D eigenvalue weighted by atomic mass is 10.0. The van der Waals surface area contributed by atoms with Crippen molar-refractivity contribution in [2.75, 3.05) is 13.7 Å². The van der Waals surface area contributed by atoms with Gasteiger partial charge in [0.25, 0.3) is 5.91 Å². The number of nitrogens with zero attached hydrogens (tertiary/aromatic N) is 1. The molecule has 1 aliphatic heterocycles. The lowest BCUT2D eigenvalue weighted by Crippen LogP contribution is -2.39. The molecule has 1 saturated heterocycles. The number of hydrogen-bond acceptors (Lipinski definition) is 3. The molecule has 2 unspecified atom stereocenters. The molecule has 2 amide bonds. The summed E-state index contributed by atoms with van der Waals surface area (Å²) in [6, 6.07) is 16.8. The normalized spacial score (nSPS) is 17.4. The zero-order valence-corrected chi connectivity index (χ0v) is 15.9. The summed E-state index contributed by atoms with van der Waals surface area (Å²) in [7, 11) is 1.64. The maximum atomic E-state index is 12.8. The van der Waals surface area contributed by atoms with E-state index >= 15 is 0 Å². The maximum Gasteiger partial charge on any atom is 0.251 e. The summed E-state index contributed by atoms with van der Waals surface area (Å²) < 4.78 is 5.21. The number of carbonyl (C=O) groups excluding carboxylic acids is 2.